The fourth-order valence-electron chi connectivity index (χ4n) is 2.55. The van der Waals surface area contributed by atoms with Crippen LogP contribution in [0.25, 0.3) is 17.0 Å². The predicted molar refractivity (Wildman–Crippen MR) is 111 cm³/mol. The zero-order valence-corrected chi connectivity index (χ0v) is 17.1. The number of allylic oxidation sites excluding steroid dienone is 1. The Hall–Kier alpha value is -1.88. The summed E-state index contributed by atoms with van der Waals surface area (Å²) in [5.74, 6) is 0.524. The molecule has 0 aliphatic heterocycles. The van der Waals surface area contributed by atoms with Crippen molar-refractivity contribution in [2.75, 3.05) is 7.11 Å². The van der Waals surface area contributed by atoms with Gasteiger partial charge >= 0.3 is 0 Å². The first-order chi connectivity index (χ1) is 12.4. The standard InChI is InChI=1S/C20H14BrCl2NO2/c1-11-17(22)7-3-12-9-13(20(23)24-19(11)12)4-8-18(25)15-6-5-14(26-2)10-16(15)21/h3-10H,1-2H3/b8-4+. The molecule has 132 valence electrons. The van der Waals surface area contributed by atoms with Crippen LogP contribution in [0, 0.1) is 6.92 Å². The lowest BCUT2D eigenvalue weighted by molar-refractivity contribution is 0.104. The van der Waals surface area contributed by atoms with Gasteiger partial charge in [-0.15, -0.1) is 0 Å². The van der Waals surface area contributed by atoms with Gasteiger partial charge in [0.15, 0.2) is 5.78 Å². The average molecular weight is 451 g/mol. The van der Waals surface area contributed by atoms with Crippen LogP contribution >= 0.6 is 39.1 Å². The molecule has 0 aliphatic carbocycles. The van der Waals surface area contributed by atoms with Gasteiger partial charge in [-0.05, 0) is 70.9 Å². The molecule has 0 saturated carbocycles. The van der Waals surface area contributed by atoms with E-state index in [1.165, 1.54) is 6.08 Å². The number of carbonyl (C=O) groups is 1. The van der Waals surface area contributed by atoms with Crippen molar-refractivity contribution in [1.82, 2.24) is 4.98 Å². The zero-order chi connectivity index (χ0) is 18.8. The molecule has 0 radical (unpaired) electrons. The summed E-state index contributed by atoms with van der Waals surface area (Å²) >= 11 is 15.8. The van der Waals surface area contributed by atoms with Crippen LogP contribution in [0.15, 0.2) is 46.9 Å². The summed E-state index contributed by atoms with van der Waals surface area (Å²) < 4.78 is 5.81. The number of hydrogen-bond donors (Lipinski definition) is 0. The minimum absolute atomic E-state index is 0.150. The van der Waals surface area contributed by atoms with Crippen LogP contribution in [-0.2, 0) is 0 Å². The number of aromatic nitrogens is 1. The second-order valence-electron chi connectivity index (χ2n) is 5.66. The smallest absolute Gasteiger partial charge is 0.186 e. The molecule has 0 spiro atoms. The first kappa shape index (κ1) is 18.9. The lowest BCUT2D eigenvalue weighted by atomic mass is 10.1. The van der Waals surface area contributed by atoms with Crippen molar-refractivity contribution < 1.29 is 9.53 Å². The number of aryl methyl sites for hydroxylation is 1. The summed E-state index contributed by atoms with van der Waals surface area (Å²) in [7, 11) is 1.58. The molecule has 1 heterocycles. The fourth-order valence-corrected chi connectivity index (χ4v) is 3.45. The van der Waals surface area contributed by atoms with Gasteiger partial charge in [0.1, 0.15) is 10.9 Å². The number of methoxy groups -OCH3 is 1. The molecule has 0 amide bonds. The summed E-state index contributed by atoms with van der Waals surface area (Å²) in [6, 6.07) is 10.8. The summed E-state index contributed by atoms with van der Waals surface area (Å²) in [5.41, 5.74) is 2.83. The van der Waals surface area contributed by atoms with Crippen LogP contribution in [-0.4, -0.2) is 17.9 Å². The third-order valence-corrected chi connectivity index (χ3v) is 5.38. The van der Waals surface area contributed by atoms with Gasteiger partial charge in [0, 0.05) is 26.0 Å². The summed E-state index contributed by atoms with van der Waals surface area (Å²) in [4.78, 5) is 16.9. The Morgan fingerprint density at radius 2 is 1.96 bits per heavy atom. The highest BCUT2D eigenvalue weighted by Gasteiger charge is 2.10. The van der Waals surface area contributed by atoms with E-state index in [-0.39, 0.29) is 5.78 Å². The van der Waals surface area contributed by atoms with E-state index >= 15 is 0 Å². The van der Waals surface area contributed by atoms with Crippen molar-refractivity contribution in [3.63, 3.8) is 0 Å². The molecule has 0 atom stereocenters. The normalized spacial score (nSPS) is 11.3. The van der Waals surface area contributed by atoms with E-state index in [2.05, 4.69) is 20.9 Å². The maximum Gasteiger partial charge on any atom is 0.186 e. The van der Waals surface area contributed by atoms with Gasteiger partial charge in [-0.25, -0.2) is 4.98 Å². The number of ketones is 1. The average Bonchev–Trinajstić information content (AvgIpc) is 2.63. The van der Waals surface area contributed by atoms with E-state index in [0.717, 1.165) is 16.5 Å². The van der Waals surface area contributed by atoms with Crippen LogP contribution in [0.5, 0.6) is 5.75 Å². The number of carbonyl (C=O) groups excluding carboxylic acids is 1. The highest BCUT2D eigenvalue weighted by Crippen LogP contribution is 2.28. The first-order valence-corrected chi connectivity index (χ1v) is 9.27. The van der Waals surface area contributed by atoms with Crippen molar-refractivity contribution >= 4 is 61.9 Å². The largest absolute Gasteiger partial charge is 0.497 e. The molecular formula is C20H14BrCl2NO2. The highest BCUT2D eigenvalue weighted by atomic mass is 79.9. The SMILES string of the molecule is COc1ccc(C(=O)/C=C/c2cc3ccc(Cl)c(C)c3nc2Cl)c(Br)c1. The summed E-state index contributed by atoms with van der Waals surface area (Å²) in [6.07, 6.45) is 3.14. The van der Waals surface area contributed by atoms with E-state index in [9.17, 15) is 4.79 Å². The fraction of sp³-hybridized carbons (Fsp3) is 0.100. The zero-order valence-electron chi connectivity index (χ0n) is 14.0. The quantitative estimate of drug-likeness (QED) is 0.258. The van der Waals surface area contributed by atoms with Crippen LogP contribution in [0.4, 0.5) is 0 Å². The van der Waals surface area contributed by atoms with Gasteiger partial charge in [-0.3, -0.25) is 4.79 Å². The Morgan fingerprint density at radius 1 is 1.19 bits per heavy atom. The first-order valence-electron chi connectivity index (χ1n) is 7.72. The lowest BCUT2D eigenvalue weighted by Crippen LogP contribution is -1.96. The number of benzene rings is 2. The molecule has 0 unspecified atom stereocenters. The maximum absolute atomic E-state index is 12.5. The van der Waals surface area contributed by atoms with Crippen LogP contribution in [0.3, 0.4) is 0 Å². The number of hydrogen-bond acceptors (Lipinski definition) is 3. The molecule has 0 bridgehead atoms. The lowest BCUT2D eigenvalue weighted by Gasteiger charge is -2.07. The van der Waals surface area contributed by atoms with E-state index in [0.29, 0.717) is 31.5 Å². The van der Waals surface area contributed by atoms with E-state index in [1.54, 1.807) is 31.4 Å². The molecule has 3 aromatic rings. The summed E-state index contributed by atoms with van der Waals surface area (Å²) in [6.45, 7) is 1.90. The molecule has 3 nitrogen and oxygen atoms in total. The molecule has 0 fully saturated rings. The minimum Gasteiger partial charge on any atom is -0.497 e. The second kappa shape index (κ2) is 7.78. The molecule has 26 heavy (non-hydrogen) atoms. The third kappa shape index (κ3) is 3.78. The van der Waals surface area contributed by atoms with E-state index < -0.39 is 0 Å². The Balaban J connectivity index is 1.94. The number of ether oxygens (including phenoxy) is 1. The number of nitrogens with zero attached hydrogens (tertiary/aromatic N) is 1. The van der Waals surface area contributed by atoms with Gasteiger partial charge in [0.2, 0.25) is 0 Å². The van der Waals surface area contributed by atoms with Gasteiger partial charge < -0.3 is 4.74 Å². The van der Waals surface area contributed by atoms with Crippen molar-refractivity contribution in [2.24, 2.45) is 0 Å². The Bertz CT molecular complexity index is 1050. The minimum atomic E-state index is -0.150. The van der Waals surface area contributed by atoms with Crippen LogP contribution in [0.2, 0.25) is 10.2 Å². The number of pyridine rings is 1. The summed E-state index contributed by atoms with van der Waals surface area (Å²) in [5, 5.41) is 1.87. The van der Waals surface area contributed by atoms with Gasteiger partial charge in [-0.2, -0.15) is 0 Å². The van der Waals surface area contributed by atoms with Gasteiger partial charge in [-0.1, -0.05) is 29.3 Å². The van der Waals surface area contributed by atoms with Crippen molar-refractivity contribution in [3.05, 3.63) is 73.8 Å². The van der Waals surface area contributed by atoms with Crippen LogP contribution < -0.4 is 4.74 Å². The molecule has 1 aromatic heterocycles. The molecule has 0 aliphatic rings. The number of rotatable bonds is 4. The molecule has 3 rings (SSSR count). The molecular weight excluding hydrogens is 437 g/mol. The van der Waals surface area contributed by atoms with Crippen LogP contribution in [0.1, 0.15) is 21.5 Å². The molecule has 0 saturated heterocycles. The van der Waals surface area contributed by atoms with Crippen molar-refractivity contribution in [3.8, 4) is 5.75 Å². The maximum atomic E-state index is 12.5. The number of halogens is 3. The van der Waals surface area contributed by atoms with Crippen molar-refractivity contribution in [1.29, 1.82) is 0 Å². The molecule has 2 aromatic carbocycles. The Kier molecular flexibility index (Phi) is 5.66. The van der Waals surface area contributed by atoms with Gasteiger partial charge in [0.25, 0.3) is 0 Å². The third-order valence-electron chi connectivity index (χ3n) is 4.01. The second-order valence-corrected chi connectivity index (χ2v) is 7.28. The van der Waals surface area contributed by atoms with E-state index in [1.807, 2.05) is 25.1 Å². The molecule has 6 heteroatoms. The van der Waals surface area contributed by atoms with E-state index in [4.69, 9.17) is 27.9 Å². The Labute approximate surface area is 169 Å². The monoisotopic (exact) mass is 449 g/mol. The van der Waals surface area contributed by atoms with Crippen molar-refractivity contribution in [2.45, 2.75) is 6.92 Å². The molecule has 0 N–H and O–H groups in total. The predicted octanol–water partition coefficient (Wildman–Crippen LogP) is 6.52. The Morgan fingerprint density at radius 3 is 2.65 bits per heavy atom. The van der Waals surface area contributed by atoms with Gasteiger partial charge in [0.05, 0.1) is 12.6 Å². The highest BCUT2D eigenvalue weighted by molar-refractivity contribution is 9.10. The topological polar surface area (TPSA) is 39.2 Å². The number of fused-ring (bicyclic) bond motifs is 1.